The summed E-state index contributed by atoms with van der Waals surface area (Å²) in [7, 11) is -4.25. The summed E-state index contributed by atoms with van der Waals surface area (Å²) in [6, 6.07) is 9.42. The van der Waals surface area contributed by atoms with Crippen LogP contribution in [0.25, 0.3) is 0 Å². The standard InChI is InChI=1S/C23H39N4O9P3/c1-3-35-39(31,36-4-2)21-26-13-12-24(19-33-37-29)10-11-25(20-34-38-30)14-16-27(17-15-26)23(28)32-18-22-8-6-5-7-9-22/h5-9H,3-4,10-21H2,1-2H3. The summed E-state index contributed by atoms with van der Waals surface area (Å²) in [5.74, 6) is 0. The third kappa shape index (κ3) is 13.7. The zero-order valence-electron chi connectivity index (χ0n) is 22.6. The van der Waals surface area contributed by atoms with Crippen LogP contribution >= 0.6 is 25.0 Å². The highest BCUT2D eigenvalue weighted by molar-refractivity contribution is 7.53. The van der Waals surface area contributed by atoms with Crippen LogP contribution in [0.4, 0.5) is 4.79 Å². The lowest BCUT2D eigenvalue weighted by atomic mass is 10.2. The van der Waals surface area contributed by atoms with E-state index in [-0.39, 0.29) is 39.6 Å². The third-order valence-electron chi connectivity index (χ3n) is 5.91. The van der Waals surface area contributed by atoms with E-state index in [4.69, 9.17) is 22.8 Å². The molecule has 2 rings (SSSR count). The minimum absolute atomic E-state index is 0.0542. The Morgan fingerprint density at radius 1 is 0.795 bits per heavy atom. The van der Waals surface area contributed by atoms with Crippen molar-refractivity contribution in [2.45, 2.75) is 20.5 Å². The second-order valence-corrected chi connectivity index (χ2v) is 11.5. The SMILES string of the molecule is CCOP(=O)(CN1CCN(COP=O)CCN(COP=O)CCN(C(=O)OCc2ccccc2)CC1)OCC. The molecule has 1 aliphatic rings. The highest BCUT2D eigenvalue weighted by atomic mass is 31.2. The Kier molecular flexibility index (Phi) is 17.1. The third-order valence-corrected chi connectivity index (χ3v) is 8.40. The Morgan fingerprint density at radius 2 is 1.28 bits per heavy atom. The molecule has 1 heterocycles. The van der Waals surface area contributed by atoms with Gasteiger partial charge in [0.2, 0.25) is 0 Å². The number of rotatable bonds is 14. The molecule has 1 fully saturated rings. The van der Waals surface area contributed by atoms with E-state index in [0.717, 1.165) is 5.56 Å². The van der Waals surface area contributed by atoms with Crippen molar-refractivity contribution in [2.75, 3.05) is 85.3 Å². The Bertz CT molecular complexity index is 893. The summed E-state index contributed by atoms with van der Waals surface area (Å²) in [5, 5.41) is 0. The molecule has 0 N–H and O–H groups in total. The molecule has 0 bridgehead atoms. The molecule has 0 spiro atoms. The minimum Gasteiger partial charge on any atom is -0.445 e. The molecular formula is C23H39N4O9P3. The number of ether oxygens (including phenoxy) is 1. The fourth-order valence-electron chi connectivity index (χ4n) is 3.90. The predicted octanol–water partition coefficient (Wildman–Crippen LogP) is 4.13. The van der Waals surface area contributed by atoms with Gasteiger partial charge >= 0.3 is 31.1 Å². The van der Waals surface area contributed by atoms with E-state index in [2.05, 4.69) is 0 Å². The van der Waals surface area contributed by atoms with Gasteiger partial charge in [0.15, 0.2) is 0 Å². The lowest BCUT2D eigenvalue weighted by molar-refractivity contribution is 0.0578. The molecule has 39 heavy (non-hydrogen) atoms. The first-order valence-electron chi connectivity index (χ1n) is 12.8. The van der Waals surface area contributed by atoms with Crippen LogP contribution in [0.1, 0.15) is 19.4 Å². The first-order valence-corrected chi connectivity index (χ1v) is 16.0. The molecule has 0 atom stereocenters. The molecule has 16 heteroatoms. The summed E-state index contributed by atoms with van der Waals surface area (Å²) in [6.45, 7) is 7.81. The largest absolute Gasteiger partial charge is 0.445 e. The van der Waals surface area contributed by atoms with Crippen molar-refractivity contribution in [1.29, 1.82) is 0 Å². The zero-order valence-corrected chi connectivity index (χ0v) is 25.3. The van der Waals surface area contributed by atoms with Crippen LogP contribution in [0.3, 0.4) is 0 Å². The van der Waals surface area contributed by atoms with Gasteiger partial charge in [-0.3, -0.25) is 28.3 Å². The predicted molar refractivity (Wildman–Crippen MR) is 146 cm³/mol. The van der Waals surface area contributed by atoms with Crippen molar-refractivity contribution >= 4 is 31.1 Å². The lowest BCUT2D eigenvalue weighted by Crippen LogP contribution is -2.48. The summed E-state index contributed by atoms with van der Waals surface area (Å²) in [5.41, 5.74) is 0.875. The van der Waals surface area contributed by atoms with Gasteiger partial charge in [-0.25, -0.2) is 13.9 Å². The second-order valence-electron chi connectivity index (χ2n) is 8.63. The van der Waals surface area contributed by atoms with Crippen molar-refractivity contribution in [3.63, 3.8) is 0 Å². The average molecular weight is 609 g/mol. The van der Waals surface area contributed by atoms with E-state index >= 15 is 0 Å². The molecule has 1 aromatic rings. The molecule has 220 valence electrons. The van der Waals surface area contributed by atoms with E-state index in [9.17, 15) is 18.5 Å². The lowest BCUT2D eigenvalue weighted by Gasteiger charge is -2.34. The molecule has 0 radical (unpaired) electrons. The normalized spacial score (nSPS) is 17.6. The summed E-state index contributed by atoms with van der Waals surface area (Å²) in [6.07, 6.45) is -0.417. The summed E-state index contributed by atoms with van der Waals surface area (Å²) >= 11 is 0. The number of carbonyl (C=O) groups is 1. The van der Waals surface area contributed by atoms with Crippen molar-refractivity contribution in [1.82, 2.24) is 19.6 Å². The monoisotopic (exact) mass is 608 g/mol. The molecule has 1 aromatic carbocycles. The van der Waals surface area contributed by atoms with Crippen molar-refractivity contribution in [3.05, 3.63) is 35.9 Å². The summed E-state index contributed by atoms with van der Waals surface area (Å²) in [4.78, 5) is 20.5. The Labute approximate surface area is 233 Å². The van der Waals surface area contributed by atoms with Crippen molar-refractivity contribution in [3.8, 4) is 0 Å². The maximum absolute atomic E-state index is 13.3. The fourth-order valence-corrected chi connectivity index (χ4v) is 6.12. The van der Waals surface area contributed by atoms with Gasteiger partial charge < -0.3 is 18.7 Å². The Morgan fingerprint density at radius 3 is 1.79 bits per heavy atom. The topological polar surface area (TPSA) is 127 Å². The van der Waals surface area contributed by atoms with E-state index in [0.29, 0.717) is 52.4 Å². The number of hydrogen-bond acceptors (Lipinski definition) is 12. The molecule has 1 aliphatic heterocycles. The van der Waals surface area contributed by atoms with E-state index in [1.807, 2.05) is 45.0 Å². The number of amides is 1. The van der Waals surface area contributed by atoms with E-state index in [1.165, 1.54) is 0 Å². The molecule has 0 saturated carbocycles. The summed E-state index contributed by atoms with van der Waals surface area (Å²) < 4.78 is 61.9. The Hall–Kier alpha value is -1.36. The van der Waals surface area contributed by atoms with E-state index in [1.54, 1.807) is 18.7 Å². The van der Waals surface area contributed by atoms with Crippen molar-refractivity contribution in [2.24, 2.45) is 0 Å². The van der Waals surface area contributed by atoms with Gasteiger partial charge in [-0.05, 0) is 19.4 Å². The number of carbonyl (C=O) groups excluding carboxylic acids is 1. The molecule has 0 unspecified atom stereocenters. The highest BCUT2D eigenvalue weighted by Crippen LogP contribution is 2.48. The number of nitrogens with zero attached hydrogens (tertiary/aromatic N) is 4. The molecule has 1 saturated heterocycles. The van der Waals surface area contributed by atoms with Gasteiger partial charge in [0, 0.05) is 52.4 Å². The van der Waals surface area contributed by atoms with Gasteiger partial charge in [-0.1, -0.05) is 30.3 Å². The quantitative estimate of drug-likeness (QED) is 0.282. The minimum atomic E-state index is -3.39. The fraction of sp³-hybridized carbons (Fsp3) is 0.696. The first kappa shape index (κ1) is 33.8. The van der Waals surface area contributed by atoms with Gasteiger partial charge in [0.25, 0.3) is 0 Å². The zero-order chi connectivity index (χ0) is 28.3. The molecular weight excluding hydrogens is 569 g/mol. The second kappa shape index (κ2) is 19.7. The van der Waals surface area contributed by atoms with Crippen LogP contribution in [0.15, 0.2) is 30.3 Å². The Balaban J connectivity index is 2.20. The molecule has 13 nitrogen and oxygen atoms in total. The van der Waals surface area contributed by atoms with E-state index < -0.39 is 31.1 Å². The molecule has 0 aliphatic carbocycles. The average Bonchev–Trinajstić information content (AvgIpc) is 2.93. The van der Waals surface area contributed by atoms with Crippen molar-refractivity contribution < 1.29 is 41.3 Å². The number of hydrogen-bond donors (Lipinski definition) is 0. The van der Waals surface area contributed by atoms with Gasteiger partial charge in [-0.15, -0.1) is 0 Å². The molecule has 1 amide bonds. The van der Waals surface area contributed by atoms with Crippen LogP contribution in [-0.4, -0.2) is 111 Å². The molecule has 0 aromatic heterocycles. The maximum Gasteiger partial charge on any atom is 0.410 e. The van der Waals surface area contributed by atoms with Gasteiger partial charge in [0.1, 0.15) is 26.4 Å². The van der Waals surface area contributed by atoms with Crippen LogP contribution in [-0.2, 0) is 43.1 Å². The number of benzene rings is 1. The smallest absolute Gasteiger partial charge is 0.410 e. The van der Waals surface area contributed by atoms with Crippen LogP contribution in [0, 0.1) is 0 Å². The van der Waals surface area contributed by atoms with Crippen LogP contribution in [0.5, 0.6) is 0 Å². The van der Waals surface area contributed by atoms with Gasteiger partial charge in [0.05, 0.1) is 13.2 Å². The van der Waals surface area contributed by atoms with Crippen LogP contribution < -0.4 is 0 Å². The highest BCUT2D eigenvalue weighted by Gasteiger charge is 2.29. The van der Waals surface area contributed by atoms with Crippen LogP contribution in [0.2, 0.25) is 0 Å². The van der Waals surface area contributed by atoms with Gasteiger partial charge in [-0.2, -0.15) is 0 Å². The first-order chi connectivity index (χ1) is 18.9. The maximum atomic E-state index is 13.3.